The highest BCUT2D eigenvalue weighted by Gasteiger charge is 2.43. The molecule has 3 aromatic rings. The molecule has 0 fully saturated rings. The average Bonchev–Trinajstić information content (AvgIpc) is 3.23. The van der Waals surface area contributed by atoms with E-state index in [1.165, 1.54) is 19.1 Å². The zero-order valence-corrected chi connectivity index (χ0v) is 14.4. The Labute approximate surface area is 151 Å². The van der Waals surface area contributed by atoms with Gasteiger partial charge in [-0.15, -0.1) is 12.8 Å². The second-order valence-electron chi connectivity index (χ2n) is 5.35. The number of aromatic nitrogens is 3. The molecule has 1 unspecified atom stereocenters. The van der Waals surface area contributed by atoms with Gasteiger partial charge in [-0.2, -0.15) is 4.21 Å². The van der Waals surface area contributed by atoms with Gasteiger partial charge >= 0.3 is 23.3 Å². The van der Waals surface area contributed by atoms with Crippen molar-refractivity contribution in [2.75, 3.05) is 0 Å². The van der Waals surface area contributed by atoms with Gasteiger partial charge in [0.1, 0.15) is 5.69 Å². The van der Waals surface area contributed by atoms with E-state index in [9.17, 15) is 17.8 Å². The first-order chi connectivity index (χ1) is 12.7. The Morgan fingerprint density at radius 3 is 2.59 bits per heavy atom. The number of hydrogen-bond acceptors (Lipinski definition) is 9. The molecule has 0 bridgehead atoms. The Morgan fingerprint density at radius 1 is 1.15 bits per heavy atom. The van der Waals surface area contributed by atoms with Gasteiger partial charge < -0.3 is 18.2 Å². The van der Waals surface area contributed by atoms with E-state index >= 15 is 0 Å². The van der Waals surface area contributed by atoms with Crippen LogP contribution in [0.5, 0.6) is 17.2 Å². The molecule has 27 heavy (non-hydrogen) atoms. The van der Waals surface area contributed by atoms with Gasteiger partial charge in [0.25, 0.3) is 0 Å². The van der Waals surface area contributed by atoms with Crippen molar-refractivity contribution in [1.29, 1.82) is 0 Å². The molecule has 0 aliphatic carbocycles. The second kappa shape index (κ2) is 5.90. The topological polar surface area (TPSA) is 119 Å². The largest absolute Gasteiger partial charge is 0.586 e. The highest BCUT2D eigenvalue weighted by molar-refractivity contribution is 7.79. The van der Waals surface area contributed by atoms with Crippen LogP contribution in [-0.4, -0.2) is 24.8 Å². The fourth-order valence-electron chi connectivity index (χ4n) is 2.33. The van der Waals surface area contributed by atoms with Crippen LogP contribution in [0.3, 0.4) is 0 Å². The zero-order valence-electron chi connectivity index (χ0n) is 13.6. The van der Waals surface area contributed by atoms with Crippen molar-refractivity contribution < 1.29 is 35.7 Å². The highest BCUT2D eigenvalue weighted by atomic mass is 32.2. The van der Waals surface area contributed by atoms with Crippen LogP contribution in [0, 0.1) is 13.8 Å². The van der Waals surface area contributed by atoms with Crippen molar-refractivity contribution >= 4 is 11.3 Å². The SMILES string of the molecule is Cc1noc(C)c1OS(=O)n1c(-c2ccc3c(c2)OC(F)(F)O3)noc1=O. The van der Waals surface area contributed by atoms with Gasteiger partial charge in [-0.3, -0.25) is 4.52 Å². The molecule has 0 amide bonds. The third-order valence-corrected chi connectivity index (χ3v) is 4.43. The van der Waals surface area contributed by atoms with Gasteiger partial charge in [-0.25, -0.2) is 4.79 Å². The first kappa shape index (κ1) is 17.2. The second-order valence-corrected chi connectivity index (χ2v) is 6.32. The minimum absolute atomic E-state index is 0.0812. The summed E-state index contributed by atoms with van der Waals surface area (Å²) in [6, 6.07) is 3.63. The lowest BCUT2D eigenvalue weighted by Crippen LogP contribution is -2.25. The molecule has 1 atom stereocenters. The molecule has 0 N–H and O–H groups in total. The fourth-order valence-corrected chi connectivity index (χ4v) is 3.22. The van der Waals surface area contributed by atoms with E-state index in [0.717, 1.165) is 6.07 Å². The number of nitrogens with zero attached hydrogens (tertiary/aromatic N) is 3. The summed E-state index contributed by atoms with van der Waals surface area (Å²) in [4.78, 5) is 11.9. The first-order valence-electron chi connectivity index (χ1n) is 7.27. The van der Waals surface area contributed by atoms with Gasteiger partial charge in [0, 0.05) is 12.5 Å². The van der Waals surface area contributed by atoms with Crippen LogP contribution in [0.15, 0.2) is 32.0 Å². The van der Waals surface area contributed by atoms with E-state index in [4.69, 9.17) is 8.71 Å². The molecular formula is C14H9F2N3O7S. The summed E-state index contributed by atoms with van der Waals surface area (Å²) in [5.41, 5.74) is 0.425. The van der Waals surface area contributed by atoms with Gasteiger partial charge in [0.2, 0.25) is 11.6 Å². The quantitative estimate of drug-likeness (QED) is 0.646. The van der Waals surface area contributed by atoms with Crippen LogP contribution in [0.4, 0.5) is 8.78 Å². The molecule has 10 nitrogen and oxygen atoms in total. The Bertz CT molecular complexity index is 1100. The fraction of sp³-hybridized carbons (Fsp3) is 0.214. The Hall–Kier alpha value is -3.22. The summed E-state index contributed by atoms with van der Waals surface area (Å²) in [5, 5.41) is 7.17. The molecule has 0 spiro atoms. The van der Waals surface area contributed by atoms with E-state index in [-0.39, 0.29) is 34.4 Å². The van der Waals surface area contributed by atoms with Gasteiger partial charge in [-0.05, 0) is 25.1 Å². The summed E-state index contributed by atoms with van der Waals surface area (Å²) < 4.78 is 62.7. The van der Waals surface area contributed by atoms with Gasteiger partial charge in [0.15, 0.2) is 17.3 Å². The van der Waals surface area contributed by atoms with E-state index in [0.29, 0.717) is 9.67 Å². The first-order valence-corrected chi connectivity index (χ1v) is 8.31. The lowest BCUT2D eigenvalue weighted by atomic mass is 10.2. The molecule has 13 heteroatoms. The summed E-state index contributed by atoms with van der Waals surface area (Å²) >= 11 is -2.41. The molecular weight excluding hydrogens is 392 g/mol. The maximum Gasteiger partial charge on any atom is 0.586 e. The van der Waals surface area contributed by atoms with Crippen LogP contribution in [-0.2, 0) is 11.3 Å². The van der Waals surface area contributed by atoms with Crippen LogP contribution in [0.2, 0.25) is 0 Å². The minimum Gasteiger partial charge on any atom is -0.395 e. The summed E-state index contributed by atoms with van der Waals surface area (Å²) in [5.74, 6) is -1.47. The molecule has 0 radical (unpaired) electrons. The number of alkyl halides is 2. The van der Waals surface area contributed by atoms with Gasteiger partial charge in [-0.1, -0.05) is 10.3 Å². The number of fused-ring (bicyclic) bond motifs is 1. The maximum atomic E-state index is 13.2. The van der Waals surface area contributed by atoms with Gasteiger partial charge in [0.05, 0.1) is 0 Å². The van der Waals surface area contributed by atoms with Crippen molar-refractivity contribution in [2.24, 2.45) is 0 Å². The molecule has 1 aliphatic heterocycles. The molecule has 3 heterocycles. The van der Waals surface area contributed by atoms with Crippen molar-refractivity contribution in [1.82, 2.24) is 14.3 Å². The molecule has 142 valence electrons. The highest BCUT2D eigenvalue weighted by Crippen LogP contribution is 2.42. The number of halogens is 2. The standard InChI is InChI=1S/C14H9F2N3O7S/c1-6-11(7(2)24-17-6)26-27(21)19-12(18-25-13(19)20)8-3-4-9-10(5-8)23-14(15,16)22-9/h3-5H,1-2H3. The monoisotopic (exact) mass is 401 g/mol. The van der Waals surface area contributed by atoms with E-state index in [1.807, 2.05) is 0 Å². The third-order valence-electron chi connectivity index (χ3n) is 3.50. The number of ether oxygens (including phenoxy) is 2. The summed E-state index contributed by atoms with van der Waals surface area (Å²) in [7, 11) is 0. The minimum atomic E-state index is -3.81. The Kier molecular flexibility index (Phi) is 3.76. The van der Waals surface area contributed by atoms with Crippen molar-refractivity contribution in [3.8, 4) is 28.6 Å². The lowest BCUT2D eigenvalue weighted by molar-refractivity contribution is -0.286. The third kappa shape index (κ3) is 2.95. The maximum absolute atomic E-state index is 13.2. The summed E-state index contributed by atoms with van der Waals surface area (Å²) in [6.45, 7) is 3.08. The molecule has 0 saturated carbocycles. The van der Waals surface area contributed by atoms with Crippen LogP contribution in [0.25, 0.3) is 11.4 Å². The predicted octanol–water partition coefficient (Wildman–Crippen LogP) is 1.94. The van der Waals surface area contributed by atoms with E-state index in [1.54, 1.807) is 6.92 Å². The molecule has 0 saturated heterocycles. The smallest absolute Gasteiger partial charge is 0.395 e. The average molecular weight is 401 g/mol. The van der Waals surface area contributed by atoms with Crippen molar-refractivity contribution in [2.45, 2.75) is 20.1 Å². The van der Waals surface area contributed by atoms with Crippen LogP contribution in [0.1, 0.15) is 11.5 Å². The molecule has 4 rings (SSSR count). The molecule has 1 aliphatic rings. The Balaban J connectivity index is 1.71. The van der Waals surface area contributed by atoms with E-state index < -0.39 is 23.3 Å². The van der Waals surface area contributed by atoms with Crippen molar-refractivity contribution in [3.63, 3.8) is 0 Å². The van der Waals surface area contributed by atoms with Crippen molar-refractivity contribution in [3.05, 3.63) is 40.2 Å². The molecule has 1 aromatic carbocycles. The zero-order chi connectivity index (χ0) is 19.3. The number of aryl methyl sites for hydroxylation is 2. The van der Waals surface area contributed by atoms with Crippen LogP contribution >= 0.6 is 0 Å². The van der Waals surface area contributed by atoms with Crippen LogP contribution < -0.4 is 19.4 Å². The number of benzene rings is 1. The normalized spacial score (nSPS) is 15.7. The number of hydrogen-bond donors (Lipinski definition) is 0. The predicted molar refractivity (Wildman–Crippen MR) is 82.5 cm³/mol. The Morgan fingerprint density at radius 2 is 1.89 bits per heavy atom. The summed E-state index contributed by atoms with van der Waals surface area (Å²) in [6.07, 6.45) is -3.81. The number of rotatable bonds is 4. The van der Waals surface area contributed by atoms with E-state index in [2.05, 4.69) is 24.3 Å². The lowest BCUT2D eigenvalue weighted by Gasteiger charge is -2.06. The molecule has 2 aromatic heterocycles.